The summed E-state index contributed by atoms with van der Waals surface area (Å²) in [5.41, 5.74) is -0.0399. The van der Waals surface area contributed by atoms with Crippen LogP contribution in [-0.4, -0.2) is 35.0 Å². The van der Waals surface area contributed by atoms with Crippen molar-refractivity contribution >= 4 is 40.9 Å². The summed E-state index contributed by atoms with van der Waals surface area (Å²) < 4.78 is 36.3. The van der Waals surface area contributed by atoms with E-state index in [2.05, 4.69) is 0 Å². The molecule has 0 fully saturated rings. The van der Waals surface area contributed by atoms with Crippen LogP contribution in [0.5, 0.6) is 0 Å². The first-order chi connectivity index (χ1) is 10.0. The van der Waals surface area contributed by atoms with Gasteiger partial charge in [0.2, 0.25) is 0 Å². The second-order valence-electron chi connectivity index (χ2n) is 4.12. The highest BCUT2D eigenvalue weighted by molar-refractivity contribution is 6.42. The van der Waals surface area contributed by atoms with Crippen molar-refractivity contribution in [2.75, 3.05) is 0 Å². The van der Waals surface area contributed by atoms with Gasteiger partial charge in [-0.2, -0.15) is 13.2 Å². The van der Waals surface area contributed by atoms with E-state index in [0.717, 1.165) is 6.07 Å². The van der Waals surface area contributed by atoms with Gasteiger partial charge in [-0.1, -0.05) is 23.2 Å². The van der Waals surface area contributed by atoms with Gasteiger partial charge in [0, 0.05) is 12.0 Å². The maximum Gasteiger partial charge on any atom is 0.471 e. The standard InChI is InChI=1S/C12H8Cl2F3NO4/c13-6-2-1-5(3-7(6)14)9(19)4-8(10(20)21)18-11(22)12(15,16)17/h1-3,8H,4H2,(H,18,22)(H,20,21). The fourth-order valence-electron chi connectivity index (χ4n) is 1.41. The van der Waals surface area contributed by atoms with Crippen LogP contribution in [0, 0.1) is 0 Å². The number of carboxylic acid groups (broad SMARTS) is 1. The van der Waals surface area contributed by atoms with Gasteiger partial charge < -0.3 is 10.4 Å². The minimum atomic E-state index is -5.25. The number of aliphatic carboxylic acids is 1. The number of carbonyl (C=O) groups excluding carboxylic acids is 2. The normalized spacial score (nSPS) is 12.6. The van der Waals surface area contributed by atoms with E-state index in [4.69, 9.17) is 28.3 Å². The van der Waals surface area contributed by atoms with Crippen LogP contribution < -0.4 is 5.32 Å². The van der Waals surface area contributed by atoms with E-state index in [0.29, 0.717) is 0 Å². The first-order valence-corrected chi connectivity index (χ1v) is 6.36. The molecule has 2 N–H and O–H groups in total. The Hall–Kier alpha value is -1.80. The van der Waals surface area contributed by atoms with Crippen molar-refractivity contribution in [2.24, 2.45) is 0 Å². The van der Waals surface area contributed by atoms with Crippen LogP contribution in [0.15, 0.2) is 18.2 Å². The molecule has 5 nitrogen and oxygen atoms in total. The molecule has 10 heteroatoms. The highest BCUT2D eigenvalue weighted by atomic mass is 35.5. The molecule has 1 rings (SSSR count). The molecule has 1 aromatic rings. The molecular weight excluding hydrogens is 350 g/mol. The zero-order chi connectivity index (χ0) is 17.1. The summed E-state index contributed by atoms with van der Waals surface area (Å²) in [5, 5.41) is 10.2. The predicted octanol–water partition coefficient (Wildman–Crippen LogP) is 2.70. The molecule has 1 unspecified atom stereocenters. The van der Waals surface area contributed by atoms with Gasteiger partial charge in [-0.3, -0.25) is 9.59 Å². The fraction of sp³-hybridized carbons (Fsp3) is 0.250. The summed E-state index contributed by atoms with van der Waals surface area (Å²) in [7, 11) is 0. The van der Waals surface area contributed by atoms with Gasteiger partial charge in [0.25, 0.3) is 0 Å². The van der Waals surface area contributed by atoms with Gasteiger partial charge in [0.15, 0.2) is 5.78 Å². The van der Waals surface area contributed by atoms with Crippen molar-refractivity contribution < 1.29 is 32.7 Å². The van der Waals surface area contributed by atoms with E-state index < -0.39 is 36.3 Å². The molecule has 120 valence electrons. The lowest BCUT2D eigenvalue weighted by Crippen LogP contribution is -2.47. The summed E-state index contributed by atoms with van der Waals surface area (Å²) in [6, 6.07) is 1.65. The topological polar surface area (TPSA) is 83.5 Å². The number of carbonyl (C=O) groups is 3. The van der Waals surface area contributed by atoms with Gasteiger partial charge in [-0.25, -0.2) is 4.79 Å². The lowest BCUT2D eigenvalue weighted by Gasteiger charge is -2.15. The third-order valence-corrected chi connectivity index (χ3v) is 3.23. The Labute approximate surface area is 132 Å². The predicted molar refractivity (Wildman–Crippen MR) is 71.0 cm³/mol. The second kappa shape index (κ2) is 6.97. The lowest BCUT2D eigenvalue weighted by atomic mass is 10.0. The molecule has 0 aromatic heterocycles. The Morgan fingerprint density at radius 2 is 1.77 bits per heavy atom. The molecule has 1 atom stereocenters. The minimum Gasteiger partial charge on any atom is -0.480 e. The molecule has 0 saturated carbocycles. The molecule has 0 aliphatic heterocycles. The number of halogens is 5. The number of nitrogens with one attached hydrogen (secondary N) is 1. The highest BCUT2D eigenvalue weighted by Crippen LogP contribution is 2.23. The summed E-state index contributed by atoms with van der Waals surface area (Å²) in [4.78, 5) is 33.5. The van der Waals surface area contributed by atoms with Gasteiger partial charge in [0.1, 0.15) is 6.04 Å². The molecule has 1 aromatic carbocycles. The van der Waals surface area contributed by atoms with Crippen LogP contribution in [0.4, 0.5) is 13.2 Å². The van der Waals surface area contributed by atoms with Crippen molar-refractivity contribution in [1.82, 2.24) is 5.32 Å². The summed E-state index contributed by atoms with van der Waals surface area (Å²) >= 11 is 11.3. The number of alkyl halides is 3. The first kappa shape index (κ1) is 18.2. The van der Waals surface area contributed by atoms with Crippen LogP contribution in [-0.2, 0) is 9.59 Å². The van der Waals surface area contributed by atoms with Crippen molar-refractivity contribution in [1.29, 1.82) is 0 Å². The third-order valence-electron chi connectivity index (χ3n) is 2.49. The molecule has 0 heterocycles. The number of amides is 1. The van der Waals surface area contributed by atoms with Crippen LogP contribution in [0.25, 0.3) is 0 Å². The Kier molecular flexibility index (Phi) is 5.78. The molecular formula is C12H8Cl2F3NO4. The molecule has 0 saturated heterocycles. The maximum absolute atomic E-state index is 12.1. The third kappa shape index (κ3) is 4.88. The minimum absolute atomic E-state index is 0.0266. The van der Waals surface area contributed by atoms with E-state index in [1.807, 2.05) is 0 Å². The van der Waals surface area contributed by atoms with Gasteiger partial charge in [-0.05, 0) is 18.2 Å². The number of carboxylic acids is 1. The second-order valence-corrected chi connectivity index (χ2v) is 4.93. The van der Waals surface area contributed by atoms with Crippen molar-refractivity contribution in [2.45, 2.75) is 18.6 Å². The smallest absolute Gasteiger partial charge is 0.471 e. The molecule has 0 aliphatic rings. The number of ketones is 1. The maximum atomic E-state index is 12.1. The van der Waals surface area contributed by atoms with E-state index >= 15 is 0 Å². The molecule has 0 spiro atoms. The van der Waals surface area contributed by atoms with Gasteiger partial charge >= 0.3 is 18.1 Å². The van der Waals surface area contributed by atoms with Crippen LogP contribution in [0.3, 0.4) is 0 Å². The van der Waals surface area contributed by atoms with Crippen molar-refractivity contribution in [3.05, 3.63) is 33.8 Å². The molecule has 22 heavy (non-hydrogen) atoms. The number of rotatable bonds is 5. The van der Waals surface area contributed by atoms with Crippen LogP contribution in [0.1, 0.15) is 16.8 Å². The summed E-state index contributed by atoms with van der Waals surface area (Å²) in [6.07, 6.45) is -6.12. The van der Waals surface area contributed by atoms with E-state index in [1.165, 1.54) is 17.4 Å². The highest BCUT2D eigenvalue weighted by Gasteiger charge is 2.41. The van der Waals surface area contributed by atoms with Gasteiger partial charge in [0.05, 0.1) is 10.0 Å². The fourth-order valence-corrected chi connectivity index (χ4v) is 1.71. The molecule has 0 radical (unpaired) electrons. The van der Waals surface area contributed by atoms with Gasteiger partial charge in [-0.15, -0.1) is 0 Å². The number of hydrogen-bond acceptors (Lipinski definition) is 3. The molecule has 1 amide bonds. The monoisotopic (exact) mass is 357 g/mol. The van der Waals surface area contributed by atoms with E-state index in [1.54, 1.807) is 0 Å². The molecule has 0 bridgehead atoms. The van der Waals surface area contributed by atoms with Crippen LogP contribution in [0.2, 0.25) is 10.0 Å². The Bertz CT molecular complexity index is 619. The SMILES string of the molecule is O=C(CC(NC(=O)C(F)(F)F)C(=O)O)c1ccc(Cl)c(Cl)c1. The zero-order valence-corrected chi connectivity index (χ0v) is 12.1. The summed E-state index contributed by atoms with van der Waals surface area (Å²) in [6.45, 7) is 0. The zero-order valence-electron chi connectivity index (χ0n) is 10.6. The Morgan fingerprint density at radius 1 is 1.18 bits per heavy atom. The quantitative estimate of drug-likeness (QED) is 0.793. The largest absolute Gasteiger partial charge is 0.480 e. The lowest BCUT2D eigenvalue weighted by molar-refractivity contribution is -0.175. The number of Topliss-reactive ketones (excluding diaryl/α,β-unsaturated/α-hetero) is 1. The first-order valence-electron chi connectivity index (χ1n) is 5.61. The summed E-state index contributed by atoms with van der Waals surface area (Å²) in [5.74, 6) is -5.03. The average Bonchev–Trinajstić information content (AvgIpc) is 2.39. The number of benzene rings is 1. The Balaban J connectivity index is 2.87. The number of hydrogen-bond donors (Lipinski definition) is 2. The average molecular weight is 358 g/mol. The van der Waals surface area contributed by atoms with E-state index in [-0.39, 0.29) is 15.6 Å². The molecule has 0 aliphatic carbocycles. The van der Waals surface area contributed by atoms with Crippen molar-refractivity contribution in [3.63, 3.8) is 0 Å². The van der Waals surface area contributed by atoms with Crippen molar-refractivity contribution in [3.8, 4) is 0 Å². The Morgan fingerprint density at radius 3 is 2.23 bits per heavy atom. The van der Waals surface area contributed by atoms with Crippen LogP contribution >= 0.6 is 23.2 Å². The van der Waals surface area contributed by atoms with E-state index in [9.17, 15) is 27.6 Å².